The van der Waals surface area contributed by atoms with E-state index in [2.05, 4.69) is 5.32 Å². The van der Waals surface area contributed by atoms with Crippen LogP contribution in [0.1, 0.15) is 35.4 Å². The lowest BCUT2D eigenvalue weighted by Gasteiger charge is -2.13. The molecule has 1 aromatic heterocycles. The molecule has 2 rings (SSSR count). The van der Waals surface area contributed by atoms with E-state index in [0.717, 1.165) is 18.5 Å². The van der Waals surface area contributed by atoms with E-state index < -0.39 is 0 Å². The molecule has 1 aromatic carbocycles. The van der Waals surface area contributed by atoms with Gasteiger partial charge in [0.2, 0.25) is 0 Å². The van der Waals surface area contributed by atoms with Gasteiger partial charge in [-0.2, -0.15) is 0 Å². The molecule has 0 radical (unpaired) electrons. The second-order valence-electron chi connectivity index (χ2n) is 4.74. The molecular weight excluding hydrogens is 250 g/mol. The van der Waals surface area contributed by atoms with Crippen LogP contribution in [0.15, 0.2) is 48.7 Å². The molecule has 1 amide bonds. The normalized spacial score (nSPS) is 12.1. The molecule has 4 nitrogen and oxygen atoms in total. The van der Waals surface area contributed by atoms with Crippen molar-refractivity contribution >= 4 is 5.91 Å². The van der Waals surface area contributed by atoms with Gasteiger partial charge >= 0.3 is 0 Å². The molecule has 4 heteroatoms. The summed E-state index contributed by atoms with van der Waals surface area (Å²) in [4.78, 5) is 12.0. The second kappa shape index (κ2) is 6.91. The summed E-state index contributed by atoms with van der Waals surface area (Å²) in [5, 5.41) is 2.92. The van der Waals surface area contributed by atoms with Gasteiger partial charge in [-0.15, -0.1) is 0 Å². The third-order valence-corrected chi connectivity index (χ3v) is 3.37. The Bertz CT molecular complexity index is 548. The number of nitrogens with one attached hydrogen (secondary N) is 1. The molecule has 20 heavy (non-hydrogen) atoms. The van der Waals surface area contributed by atoms with Crippen molar-refractivity contribution < 1.29 is 4.79 Å². The lowest BCUT2D eigenvalue weighted by molar-refractivity contribution is 0.0943. The molecule has 3 N–H and O–H groups in total. The van der Waals surface area contributed by atoms with Gasteiger partial charge in [0, 0.05) is 25.3 Å². The summed E-state index contributed by atoms with van der Waals surface area (Å²) in [7, 11) is 0. The molecule has 1 atom stereocenters. The number of nitrogens with zero attached hydrogens (tertiary/aromatic N) is 1. The predicted octanol–water partition coefficient (Wildman–Crippen LogP) is 2.33. The summed E-state index contributed by atoms with van der Waals surface area (Å²) in [5.41, 5.74) is 7.89. The molecule has 1 heterocycles. The van der Waals surface area contributed by atoms with Gasteiger partial charge in [-0.1, -0.05) is 30.3 Å². The zero-order valence-corrected chi connectivity index (χ0v) is 11.8. The predicted molar refractivity (Wildman–Crippen MR) is 80.4 cm³/mol. The van der Waals surface area contributed by atoms with Gasteiger partial charge in [-0.05, 0) is 31.0 Å². The molecule has 0 aliphatic rings. The van der Waals surface area contributed by atoms with Gasteiger partial charge in [-0.25, -0.2) is 0 Å². The Labute approximate surface area is 119 Å². The maximum absolute atomic E-state index is 12.0. The first-order valence-electron chi connectivity index (χ1n) is 6.96. The van der Waals surface area contributed by atoms with Gasteiger partial charge < -0.3 is 15.6 Å². The first-order valence-corrected chi connectivity index (χ1v) is 6.96. The van der Waals surface area contributed by atoms with Crippen LogP contribution in [0.25, 0.3) is 0 Å². The number of aryl methyl sites for hydroxylation is 1. The average Bonchev–Trinajstić information content (AvgIpc) is 2.96. The van der Waals surface area contributed by atoms with E-state index in [1.54, 1.807) is 0 Å². The summed E-state index contributed by atoms with van der Waals surface area (Å²) in [5.74, 6) is -0.0443. The Morgan fingerprint density at radius 2 is 2.00 bits per heavy atom. The van der Waals surface area contributed by atoms with Crippen molar-refractivity contribution in [1.29, 1.82) is 0 Å². The highest BCUT2D eigenvalue weighted by Gasteiger charge is 2.10. The third kappa shape index (κ3) is 3.48. The van der Waals surface area contributed by atoms with E-state index in [1.807, 2.05) is 60.2 Å². The monoisotopic (exact) mass is 271 g/mol. The number of benzene rings is 1. The standard InChI is InChI=1S/C16H21N3O/c1-2-19-12-6-9-15(19)16(20)18-11-10-14(17)13-7-4-3-5-8-13/h3-9,12,14H,2,10-11,17H2,1H3,(H,18,20). The molecule has 0 bridgehead atoms. The molecule has 2 aromatic rings. The number of carbonyl (C=O) groups is 1. The summed E-state index contributed by atoms with van der Waals surface area (Å²) < 4.78 is 1.92. The van der Waals surface area contributed by atoms with E-state index in [9.17, 15) is 4.79 Å². The lowest BCUT2D eigenvalue weighted by Crippen LogP contribution is -2.28. The van der Waals surface area contributed by atoms with Crippen molar-refractivity contribution in [3.05, 3.63) is 59.9 Å². The van der Waals surface area contributed by atoms with E-state index in [0.29, 0.717) is 12.2 Å². The molecule has 0 saturated carbocycles. The highest BCUT2D eigenvalue weighted by atomic mass is 16.1. The van der Waals surface area contributed by atoms with Crippen molar-refractivity contribution in [1.82, 2.24) is 9.88 Å². The van der Waals surface area contributed by atoms with Crippen LogP contribution in [0.3, 0.4) is 0 Å². The second-order valence-corrected chi connectivity index (χ2v) is 4.74. The Hall–Kier alpha value is -2.07. The number of hydrogen-bond donors (Lipinski definition) is 2. The van der Waals surface area contributed by atoms with Gasteiger partial charge in [0.15, 0.2) is 0 Å². The summed E-state index contributed by atoms with van der Waals surface area (Å²) in [6.07, 6.45) is 2.63. The fourth-order valence-electron chi connectivity index (χ4n) is 2.19. The van der Waals surface area contributed by atoms with Crippen LogP contribution >= 0.6 is 0 Å². The van der Waals surface area contributed by atoms with Crippen LogP contribution in [0.4, 0.5) is 0 Å². The van der Waals surface area contributed by atoms with E-state index in [1.165, 1.54) is 0 Å². The van der Waals surface area contributed by atoms with Crippen LogP contribution in [0, 0.1) is 0 Å². The van der Waals surface area contributed by atoms with E-state index in [-0.39, 0.29) is 11.9 Å². The summed E-state index contributed by atoms with van der Waals surface area (Å²) in [6.45, 7) is 3.38. The Balaban J connectivity index is 1.83. The zero-order chi connectivity index (χ0) is 14.4. The largest absolute Gasteiger partial charge is 0.351 e. The van der Waals surface area contributed by atoms with Gasteiger partial charge in [0.25, 0.3) is 5.91 Å². The van der Waals surface area contributed by atoms with Gasteiger partial charge in [-0.3, -0.25) is 4.79 Å². The Kier molecular flexibility index (Phi) is 4.96. The maximum Gasteiger partial charge on any atom is 0.267 e. The minimum atomic E-state index is -0.0468. The van der Waals surface area contributed by atoms with Gasteiger partial charge in [0.05, 0.1) is 0 Å². The molecule has 0 aliphatic heterocycles. The SMILES string of the molecule is CCn1cccc1C(=O)NCCC(N)c1ccccc1. The first-order chi connectivity index (χ1) is 9.72. The Morgan fingerprint density at radius 1 is 1.25 bits per heavy atom. The molecule has 0 aliphatic carbocycles. The average molecular weight is 271 g/mol. The van der Waals surface area contributed by atoms with Crippen LogP contribution in [0.2, 0.25) is 0 Å². The molecular formula is C16H21N3O. The Morgan fingerprint density at radius 3 is 2.70 bits per heavy atom. The zero-order valence-electron chi connectivity index (χ0n) is 11.8. The minimum absolute atomic E-state index is 0.0443. The van der Waals surface area contributed by atoms with E-state index >= 15 is 0 Å². The highest BCUT2D eigenvalue weighted by molar-refractivity contribution is 5.92. The van der Waals surface area contributed by atoms with Crippen LogP contribution in [-0.2, 0) is 6.54 Å². The van der Waals surface area contributed by atoms with Crippen LogP contribution in [0.5, 0.6) is 0 Å². The number of carbonyl (C=O) groups excluding carboxylic acids is 1. The topological polar surface area (TPSA) is 60.0 Å². The van der Waals surface area contributed by atoms with Crippen LogP contribution in [-0.4, -0.2) is 17.0 Å². The number of nitrogens with two attached hydrogens (primary N) is 1. The highest BCUT2D eigenvalue weighted by Crippen LogP contribution is 2.12. The number of hydrogen-bond acceptors (Lipinski definition) is 2. The molecule has 106 valence electrons. The van der Waals surface area contributed by atoms with Crippen molar-refractivity contribution in [2.24, 2.45) is 5.73 Å². The quantitative estimate of drug-likeness (QED) is 0.847. The number of amides is 1. The summed E-state index contributed by atoms with van der Waals surface area (Å²) >= 11 is 0. The first kappa shape index (κ1) is 14.3. The lowest BCUT2D eigenvalue weighted by atomic mass is 10.1. The molecule has 0 saturated heterocycles. The van der Waals surface area contributed by atoms with Crippen molar-refractivity contribution in [2.75, 3.05) is 6.54 Å². The van der Waals surface area contributed by atoms with E-state index in [4.69, 9.17) is 5.73 Å². The molecule has 0 spiro atoms. The maximum atomic E-state index is 12.0. The van der Waals surface area contributed by atoms with Gasteiger partial charge in [0.1, 0.15) is 5.69 Å². The summed E-state index contributed by atoms with van der Waals surface area (Å²) in [6, 6.07) is 13.6. The third-order valence-electron chi connectivity index (χ3n) is 3.37. The fourth-order valence-corrected chi connectivity index (χ4v) is 2.19. The molecule has 1 unspecified atom stereocenters. The van der Waals surface area contributed by atoms with Crippen LogP contribution < -0.4 is 11.1 Å². The number of rotatable bonds is 6. The minimum Gasteiger partial charge on any atom is -0.351 e. The molecule has 0 fully saturated rings. The number of aromatic nitrogens is 1. The van der Waals surface area contributed by atoms with Crippen molar-refractivity contribution in [3.8, 4) is 0 Å². The van der Waals surface area contributed by atoms with Crippen molar-refractivity contribution in [3.63, 3.8) is 0 Å². The smallest absolute Gasteiger partial charge is 0.267 e. The van der Waals surface area contributed by atoms with Crippen molar-refractivity contribution in [2.45, 2.75) is 25.9 Å². The fraction of sp³-hybridized carbons (Fsp3) is 0.312.